The highest BCUT2D eigenvalue weighted by atomic mass is 35.5. The van der Waals surface area contributed by atoms with Gasteiger partial charge in [0.15, 0.2) is 0 Å². The minimum atomic E-state index is -3.43. The molecule has 0 aliphatic heterocycles. The average molecular weight is 332 g/mol. The highest BCUT2D eigenvalue weighted by molar-refractivity contribution is 7.89. The normalized spacial score (nSPS) is 28.6. The second kappa shape index (κ2) is 5.89. The summed E-state index contributed by atoms with van der Waals surface area (Å²) in [6.07, 6.45) is 8.08. The lowest BCUT2D eigenvalue weighted by Crippen LogP contribution is -2.33. The summed E-state index contributed by atoms with van der Waals surface area (Å²) in [5.74, 6) is 2.51. The van der Waals surface area contributed by atoms with E-state index in [0.717, 1.165) is 11.8 Å². The lowest BCUT2D eigenvalue weighted by Gasteiger charge is -2.26. The van der Waals surface area contributed by atoms with Crippen molar-refractivity contribution in [2.75, 3.05) is 19.5 Å². The van der Waals surface area contributed by atoms with Crippen molar-refractivity contribution in [3.63, 3.8) is 0 Å². The molecule has 3 atom stereocenters. The van der Waals surface area contributed by atoms with Crippen molar-refractivity contribution in [3.8, 4) is 0 Å². The minimum Gasteiger partial charge on any atom is -0.270 e. The molecule has 0 N–H and O–H groups in total. The Morgan fingerprint density at radius 1 is 1.43 bits per heavy atom. The minimum absolute atomic E-state index is 0.262. The molecule has 5 nitrogen and oxygen atoms in total. The lowest BCUT2D eigenvalue weighted by atomic mass is 9.89. The molecule has 3 rings (SSSR count). The van der Waals surface area contributed by atoms with Gasteiger partial charge in [-0.3, -0.25) is 4.68 Å². The molecule has 1 aromatic rings. The first-order valence-corrected chi connectivity index (χ1v) is 9.53. The smallest absolute Gasteiger partial charge is 0.245 e. The molecule has 3 unspecified atom stereocenters. The van der Waals surface area contributed by atoms with Gasteiger partial charge in [-0.1, -0.05) is 6.42 Å². The number of hydrogen-bond donors (Lipinski definition) is 0. The summed E-state index contributed by atoms with van der Waals surface area (Å²) in [7, 11) is -1.75. The third-order valence-electron chi connectivity index (χ3n) is 5.01. The molecule has 21 heavy (non-hydrogen) atoms. The zero-order valence-corrected chi connectivity index (χ0v) is 13.9. The summed E-state index contributed by atoms with van der Waals surface area (Å²) in [6.45, 7) is 1.15. The van der Waals surface area contributed by atoms with Crippen molar-refractivity contribution < 1.29 is 8.42 Å². The van der Waals surface area contributed by atoms with Gasteiger partial charge in [0.1, 0.15) is 4.90 Å². The van der Waals surface area contributed by atoms with Gasteiger partial charge in [-0.05, 0) is 37.0 Å². The molecule has 2 saturated carbocycles. The van der Waals surface area contributed by atoms with E-state index in [4.69, 9.17) is 11.6 Å². The Morgan fingerprint density at radius 2 is 2.24 bits per heavy atom. The molecule has 2 aliphatic carbocycles. The molecular formula is C14H22ClN3O2S. The zero-order chi connectivity index (χ0) is 15.0. The fourth-order valence-corrected chi connectivity index (χ4v) is 5.25. The van der Waals surface area contributed by atoms with Crippen LogP contribution in [0.15, 0.2) is 17.3 Å². The van der Waals surface area contributed by atoms with E-state index in [0.29, 0.717) is 24.9 Å². The molecule has 0 radical (unpaired) electrons. The van der Waals surface area contributed by atoms with E-state index in [1.54, 1.807) is 17.9 Å². The van der Waals surface area contributed by atoms with Gasteiger partial charge < -0.3 is 0 Å². The van der Waals surface area contributed by atoms with Crippen LogP contribution in [-0.4, -0.2) is 42.0 Å². The maximum atomic E-state index is 12.6. The van der Waals surface area contributed by atoms with Gasteiger partial charge in [0.05, 0.1) is 12.7 Å². The monoisotopic (exact) mass is 331 g/mol. The maximum absolute atomic E-state index is 12.6. The van der Waals surface area contributed by atoms with Crippen LogP contribution in [0.4, 0.5) is 0 Å². The van der Waals surface area contributed by atoms with Crippen LogP contribution in [0.1, 0.15) is 25.7 Å². The van der Waals surface area contributed by atoms with Crippen LogP contribution in [0.5, 0.6) is 0 Å². The standard InChI is InChI=1S/C14H22ClN3O2S/c1-17(9-13-7-11-2-3-12(13)6-11)21(19,20)14-8-16-18(10-14)5-4-15/h8,10-13H,2-7,9H2,1H3. The van der Waals surface area contributed by atoms with Gasteiger partial charge in [-0.2, -0.15) is 5.10 Å². The number of aromatic nitrogens is 2. The number of aryl methyl sites for hydroxylation is 1. The van der Waals surface area contributed by atoms with E-state index >= 15 is 0 Å². The fourth-order valence-electron chi connectivity index (χ4n) is 3.90. The van der Waals surface area contributed by atoms with Crippen molar-refractivity contribution >= 4 is 21.6 Å². The Labute approximate surface area is 131 Å². The van der Waals surface area contributed by atoms with Crippen LogP contribution in [0.25, 0.3) is 0 Å². The van der Waals surface area contributed by atoms with Crippen molar-refractivity contribution in [1.82, 2.24) is 14.1 Å². The third-order valence-corrected chi connectivity index (χ3v) is 6.95. The number of fused-ring (bicyclic) bond motifs is 2. The van der Waals surface area contributed by atoms with Gasteiger partial charge in [0.25, 0.3) is 0 Å². The summed E-state index contributed by atoms with van der Waals surface area (Å²) < 4.78 is 28.2. The number of hydrogen-bond acceptors (Lipinski definition) is 3. The summed E-state index contributed by atoms with van der Waals surface area (Å²) in [6, 6.07) is 0. The molecule has 0 amide bonds. The van der Waals surface area contributed by atoms with Gasteiger partial charge in [0, 0.05) is 25.7 Å². The zero-order valence-electron chi connectivity index (χ0n) is 12.3. The predicted octanol–water partition coefficient (Wildman–Crippen LogP) is 2.18. The predicted molar refractivity (Wildman–Crippen MR) is 81.7 cm³/mol. The molecule has 2 aliphatic rings. The molecule has 0 aromatic carbocycles. The van der Waals surface area contributed by atoms with Gasteiger partial charge in [-0.25, -0.2) is 12.7 Å². The first-order valence-electron chi connectivity index (χ1n) is 7.55. The second-order valence-corrected chi connectivity index (χ2v) is 8.77. The van der Waals surface area contributed by atoms with E-state index in [1.807, 2.05) is 0 Å². The molecule has 1 aromatic heterocycles. The van der Waals surface area contributed by atoms with Crippen LogP contribution >= 0.6 is 11.6 Å². The van der Waals surface area contributed by atoms with Crippen molar-refractivity contribution in [1.29, 1.82) is 0 Å². The van der Waals surface area contributed by atoms with Gasteiger partial charge in [0.2, 0.25) is 10.0 Å². The Hall–Kier alpha value is -0.590. The van der Waals surface area contributed by atoms with E-state index in [9.17, 15) is 8.42 Å². The Bertz CT molecular complexity index is 601. The Morgan fingerprint density at radius 3 is 2.86 bits per heavy atom. The Kier molecular flexibility index (Phi) is 4.30. The summed E-state index contributed by atoms with van der Waals surface area (Å²) >= 11 is 5.65. The molecule has 7 heteroatoms. The van der Waals surface area contributed by atoms with Gasteiger partial charge in [-0.15, -0.1) is 11.6 Å². The topological polar surface area (TPSA) is 55.2 Å². The fraction of sp³-hybridized carbons (Fsp3) is 0.786. The van der Waals surface area contributed by atoms with E-state index in [1.165, 1.54) is 36.2 Å². The molecule has 2 bridgehead atoms. The van der Waals surface area contributed by atoms with Crippen LogP contribution in [0.3, 0.4) is 0 Å². The largest absolute Gasteiger partial charge is 0.270 e. The molecule has 0 spiro atoms. The van der Waals surface area contributed by atoms with Crippen LogP contribution in [-0.2, 0) is 16.6 Å². The number of halogens is 1. The third kappa shape index (κ3) is 2.98. The summed E-state index contributed by atoms with van der Waals surface area (Å²) in [4.78, 5) is 0.262. The lowest BCUT2D eigenvalue weighted by molar-refractivity contribution is 0.280. The maximum Gasteiger partial charge on any atom is 0.245 e. The van der Waals surface area contributed by atoms with E-state index < -0.39 is 10.0 Å². The molecule has 0 saturated heterocycles. The quantitative estimate of drug-likeness (QED) is 0.751. The first kappa shape index (κ1) is 15.3. The number of rotatable bonds is 6. The van der Waals surface area contributed by atoms with Crippen LogP contribution in [0, 0.1) is 17.8 Å². The van der Waals surface area contributed by atoms with E-state index in [-0.39, 0.29) is 4.90 Å². The van der Waals surface area contributed by atoms with Crippen LogP contribution in [0.2, 0.25) is 0 Å². The molecule has 1 heterocycles. The number of nitrogens with zero attached hydrogens (tertiary/aromatic N) is 3. The molecule has 2 fully saturated rings. The van der Waals surface area contributed by atoms with Gasteiger partial charge >= 0.3 is 0 Å². The number of sulfonamides is 1. The summed E-state index contributed by atoms with van der Waals surface area (Å²) in [5.41, 5.74) is 0. The molecule has 118 valence electrons. The Balaban J connectivity index is 1.68. The SMILES string of the molecule is CN(CC1CC2CCC1C2)S(=O)(=O)c1cnn(CCCl)c1. The molecular weight excluding hydrogens is 310 g/mol. The number of alkyl halides is 1. The highest BCUT2D eigenvalue weighted by Gasteiger charge is 2.41. The first-order chi connectivity index (χ1) is 10.0. The van der Waals surface area contributed by atoms with Crippen LogP contribution < -0.4 is 0 Å². The van der Waals surface area contributed by atoms with Crippen molar-refractivity contribution in [2.45, 2.75) is 37.1 Å². The second-order valence-electron chi connectivity index (χ2n) is 6.35. The van der Waals surface area contributed by atoms with E-state index in [2.05, 4.69) is 5.10 Å². The van der Waals surface area contributed by atoms with Crippen molar-refractivity contribution in [2.24, 2.45) is 17.8 Å². The average Bonchev–Trinajstić information content (AvgIpc) is 3.14. The van der Waals surface area contributed by atoms with Crippen molar-refractivity contribution in [3.05, 3.63) is 12.4 Å². The highest BCUT2D eigenvalue weighted by Crippen LogP contribution is 2.48. The summed E-state index contributed by atoms with van der Waals surface area (Å²) in [5, 5.41) is 4.05.